The Kier molecular flexibility index (Phi) is 7.03. The van der Waals surface area contributed by atoms with Gasteiger partial charge in [-0.25, -0.2) is 9.67 Å². The summed E-state index contributed by atoms with van der Waals surface area (Å²) in [5.74, 6) is 0.906. The maximum atomic E-state index is 12.9. The summed E-state index contributed by atoms with van der Waals surface area (Å²) >= 11 is 0. The quantitative estimate of drug-likeness (QED) is 0.270. The molecule has 1 aliphatic rings. The third kappa shape index (κ3) is 5.62. The predicted molar refractivity (Wildman–Crippen MR) is 172 cm³/mol. The Bertz CT molecular complexity index is 1990. The molecule has 0 spiro atoms. The Morgan fingerprint density at radius 1 is 0.933 bits per heavy atom. The molecule has 0 aliphatic carbocycles. The lowest BCUT2D eigenvalue weighted by Crippen LogP contribution is -2.47. The van der Waals surface area contributed by atoms with Crippen LogP contribution in [0.25, 0.3) is 39.1 Å². The van der Waals surface area contributed by atoms with Crippen LogP contribution in [0.5, 0.6) is 5.75 Å². The smallest absolute Gasteiger partial charge is 0.326 e. The van der Waals surface area contributed by atoms with E-state index in [0.717, 1.165) is 40.9 Å². The number of phenolic OH excluding ortho intramolecular Hbond substituents is 1. The van der Waals surface area contributed by atoms with Crippen LogP contribution in [0.15, 0.2) is 79.4 Å². The van der Waals surface area contributed by atoms with E-state index in [4.69, 9.17) is 19.8 Å². The number of piperazine rings is 1. The number of hydrogen-bond donors (Lipinski definition) is 1. The summed E-state index contributed by atoms with van der Waals surface area (Å²) in [6, 6.07) is 19.1. The minimum atomic E-state index is -0.618. The minimum Gasteiger partial charge on any atom is -0.508 e. The highest BCUT2D eigenvalue weighted by atomic mass is 16.6. The molecule has 6 aromatic rings. The third-order valence-electron chi connectivity index (χ3n) is 7.65. The van der Waals surface area contributed by atoms with Crippen molar-refractivity contribution in [1.82, 2.24) is 34.3 Å². The summed E-state index contributed by atoms with van der Waals surface area (Å²) in [6.07, 6.45) is 5.14. The summed E-state index contributed by atoms with van der Waals surface area (Å²) in [6.45, 7) is 8.32. The highest BCUT2D eigenvalue weighted by Gasteiger charge is 2.26. The highest BCUT2D eigenvalue weighted by Crippen LogP contribution is 2.32. The zero-order valence-electron chi connectivity index (χ0n) is 25.3. The lowest BCUT2D eigenvalue weighted by atomic mass is 10.1. The molecule has 4 aromatic heterocycles. The number of phenols is 1. The Labute approximate surface area is 259 Å². The van der Waals surface area contributed by atoms with Crippen LogP contribution in [0.1, 0.15) is 20.8 Å². The number of anilines is 2. The SMILES string of the molecule is CC(C)(C)OC(=O)Cn1cnc2c(-n3nc(-c4cccnc4)c4ccccc43)nc(N3CCN(c4ccc(O)cc4)CC3)nc21. The van der Waals surface area contributed by atoms with Crippen molar-refractivity contribution in [3.63, 3.8) is 0 Å². The van der Waals surface area contributed by atoms with Crippen molar-refractivity contribution >= 4 is 39.7 Å². The van der Waals surface area contributed by atoms with Gasteiger partial charge in [0.2, 0.25) is 5.95 Å². The van der Waals surface area contributed by atoms with Crippen LogP contribution in [0, 0.1) is 0 Å². The number of aromatic nitrogens is 7. The van der Waals surface area contributed by atoms with Crippen molar-refractivity contribution < 1.29 is 14.6 Å². The summed E-state index contributed by atoms with van der Waals surface area (Å²) in [7, 11) is 0. The zero-order chi connectivity index (χ0) is 31.1. The van der Waals surface area contributed by atoms with Gasteiger partial charge in [0.1, 0.15) is 23.6 Å². The second-order valence-corrected chi connectivity index (χ2v) is 12.0. The van der Waals surface area contributed by atoms with Gasteiger partial charge in [-0.1, -0.05) is 18.2 Å². The van der Waals surface area contributed by atoms with E-state index >= 15 is 0 Å². The molecule has 1 saturated heterocycles. The molecule has 7 rings (SSSR count). The Balaban J connectivity index is 1.32. The largest absolute Gasteiger partial charge is 0.508 e. The van der Waals surface area contributed by atoms with E-state index in [9.17, 15) is 9.90 Å². The second kappa shape index (κ2) is 11.2. The van der Waals surface area contributed by atoms with Crippen LogP contribution >= 0.6 is 0 Å². The number of ether oxygens (including phenoxy) is 1. The van der Waals surface area contributed by atoms with Crippen LogP contribution in [-0.2, 0) is 16.1 Å². The summed E-state index contributed by atoms with van der Waals surface area (Å²) < 4.78 is 9.12. The molecule has 45 heavy (non-hydrogen) atoms. The number of nitrogens with zero attached hydrogens (tertiary/aromatic N) is 9. The number of pyridine rings is 1. The normalized spacial score (nSPS) is 13.9. The average molecular weight is 604 g/mol. The summed E-state index contributed by atoms with van der Waals surface area (Å²) in [5, 5.41) is 15.7. The Hall–Kier alpha value is -5.52. The number of aromatic hydroxyl groups is 1. The average Bonchev–Trinajstić information content (AvgIpc) is 3.62. The standard InChI is InChI=1S/C33H33N9O3/c1-33(2,3)45-27(44)20-41-21-35-29-30(41)36-32(40-17-15-39(16-18-40)23-10-12-24(43)13-11-23)37-31(29)42-26-9-5-4-8-25(26)28(38-42)22-7-6-14-34-19-22/h4-14,19,21,43H,15-18,20H2,1-3H3. The molecule has 2 aromatic carbocycles. The Morgan fingerprint density at radius 3 is 2.42 bits per heavy atom. The van der Waals surface area contributed by atoms with Gasteiger partial charge in [-0.3, -0.25) is 9.78 Å². The van der Waals surface area contributed by atoms with Crippen molar-refractivity contribution in [1.29, 1.82) is 0 Å². The molecular formula is C33H33N9O3. The summed E-state index contributed by atoms with van der Waals surface area (Å²) in [5.41, 5.74) is 4.00. The number of rotatable bonds is 6. The fourth-order valence-electron chi connectivity index (χ4n) is 5.61. The van der Waals surface area contributed by atoms with Crippen molar-refractivity contribution in [3.8, 4) is 22.8 Å². The molecule has 12 nitrogen and oxygen atoms in total. The first-order valence-electron chi connectivity index (χ1n) is 14.9. The molecule has 1 N–H and O–H groups in total. The van der Waals surface area contributed by atoms with E-state index in [1.807, 2.05) is 74.0 Å². The highest BCUT2D eigenvalue weighted by molar-refractivity contribution is 5.95. The van der Waals surface area contributed by atoms with E-state index in [-0.39, 0.29) is 18.3 Å². The van der Waals surface area contributed by atoms with E-state index in [0.29, 0.717) is 36.0 Å². The van der Waals surface area contributed by atoms with Crippen molar-refractivity contribution in [2.45, 2.75) is 32.9 Å². The first-order chi connectivity index (χ1) is 21.7. The van der Waals surface area contributed by atoms with Gasteiger partial charge in [0.25, 0.3) is 0 Å². The number of para-hydroxylation sites is 1. The van der Waals surface area contributed by atoms with Gasteiger partial charge in [-0.2, -0.15) is 15.1 Å². The van der Waals surface area contributed by atoms with Crippen LogP contribution in [0.2, 0.25) is 0 Å². The number of carbonyl (C=O) groups is 1. The molecule has 1 fully saturated rings. The third-order valence-corrected chi connectivity index (χ3v) is 7.65. The molecule has 0 amide bonds. The van der Waals surface area contributed by atoms with Gasteiger partial charge >= 0.3 is 5.97 Å². The van der Waals surface area contributed by atoms with Gasteiger partial charge in [-0.15, -0.1) is 0 Å². The van der Waals surface area contributed by atoms with Gasteiger partial charge in [0.05, 0.1) is 11.8 Å². The maximum absolute atomic E-state index is 12.9. The number of carbonyl (C=O) groups excluding carboxylic acids is 1. The van der Waals surface area contributed by atoms with E-state index in [2.05, 4.69) is 19.8 Å². The van der Waals surface area contributed by atoms with Gasteiger partial charge in [0, 0.05) is 55.2 Å². The minimum absolute atomic E-state index is 0.0426. The fourth-order valence-corrected chi connectivity index (χ4v) is 5.61. The maximum Gasteiger partial charge on any atom is 0.326 e. The molecule has 0 atom stereocenters. The molecule has 0 radical (unpaired) electrons. The first-order valence-corrected chi connectivity index (χ1v) is 14.9. The lowest BCUT2D eigenvalue weighted by molar-refractivity contribution is -0.155. The van der Waals surface area contributed by atoms with Crippen molar-refractivity contribution in [2.24, 2.45) is 0 Å². The predicted octanol–water partition coefficient (Wildman–Crippen LogP) is 4.60. The van der Waals surface area contributed by atoms with Gasteiger partial charge < -0.3 is 24.2 Å². The van der Waals surface area contributed by atoms with Crippen molar-refractivity contribution in [2.75, 3.05) is 36.0 Å². The molecule has 1 aliphatic heterocycles. The molecule has 0 saturated carbocycles. The first kappa shape index (κ1) is 28.3. The van der Waals surface area contributed by atoms with E-state index in [1.165, 1.54) is 0 Å². The number of hydrogen-bond acceptors (Lipinski definition) is 10. The number of benzene rings is 2. The Morgan fingerprint density at radius 2 is 1.69 bits per heavy atom. The molecule has 228 valence electrons. The van der Waals surface area contributed by atoms with Crippen LogP contribution in [0.4, 0.5) is 11.6 Å². The topological polar surface area (TPSA) is 127 Å². The van der Waals surface area contributed by atoms with Crippen LogP contribution in [-0.4, -0.2) is 77.1 Å². The van der Waals surface area contributed by atoms with E-state index in [1.54, 1.807) is 35.4 Å². The molecule has 5 heterocycles. The summed E-state index contributed by atoms with van der Waals surface area (Å²) in [4.78, 5) is 36.3. The van der Waals surface area contributed by atoms with Gasteiger partial charge in [-0.05, 0) is 63.2 Å². The fraction of sp³-hybridized carbons (Fsp3) is 0.273. The van der Waals surface area contributed by atoms with Crippen LogP contribution < -0.4 is 9.80 Å². The molecular weight excluding hydrogens is 570 g/mol. The number of fused-ring (bicyclic) bond motifs is 2. The van der Waals surface area contributed by atoms with Crippen molar-refractivity contribution in [3.05, 3.63) is 79.4 Å². The molecule has 12 heteroatoms. The molecule has 0 bridgehead atoms. The van der Waals surface area contributed by atoms with E-state index < -0.39 is 5.60 Å². The number of esters is 1. The van der Waals surface area contributed by atoms with Gasteiger partial charge in [0.15, 0.2) is 17.0 Å². The second-order valence-electron chi connectivity index (χ2n) is 12.0. The zero-order valence-corrected chi connectivity index (χ0v) is 25.3. The molecule has 0 unspecified atom stereocenters. The monoisotopic (exact) mass is 603 g/mol. The van der Waals surface area contributed by atoms with Crippen LogP contribution in [0.3, 0.4) is 0 Å². The lowest BCUT2D eigenvalue weighted by Gasteiger charge is -2.36. The number of imidazole rings is 1.